The average molecular weight is 524 g/mol. The first-order valence-electron chi connectivity index (χ1n) is 11.8. The molecule has 0 unspecified atom stereocenters. The van der Waals surface area contributed by atoms with E-state index in [9.17, 15) is 19.1 Å². The Hall–Kier alpha value is -3.98. The zero-order valence-corrected chi connectivity index (χ0v) is 21.4. The molecule has 1 atom stereocenters. The van der Waals surface area contributed by atoms with Crippen LogP contribution in [0.3, 0.4) is 0 Å². The summed E-state index contributed by atoms with van der Waals surface area (Å²) in [6.07, 6.45) is 0.641. The molecule has 1 heterocycles. The van der Waals surface area contributed by atoms with Gasteiger partial charge in [-0.25, -0.2) is 9.07 Å². The van der Waals surface area contributed by atoms with Crippen LogP contribution in [0.2, 0.25) is 5.02 Å². The lowest BCUT2D eigenvalue weighted by Gasteiger charge is -2.34. The van der Waals surface area contributed by atoms with Crippen molar-refractivity contribution in [2.75, 3.05) is 4.90 Å². The average Bonchev–Trinajstić information content (AvgIpc) is 3.27. The van der Waals surface area contributed by atoms with Gasteiger partial charge in [-0.2, -0.15) is 0 Å². The minimum absolute atomic E-state index is 0.00795. The zero-order chi connectivity index (χ0) is 26.7. The molecule has 8 nitrogen and oxygen atoms in total. The molecule has 2 amide bonds. The molecular weight excluding hydrogens is 497 g/mol. The van der Waals surface area contributed by atoms with Gasteiger partial charge in [-0.15, -0.1) is 5.10 Å². The highest BCUT2D eigenvalue weighted by Crippen LogP contribution is 2.32. The molecule has 37 heavy (non-hydrogen) atoms. The smallest absolute Gasteiger partial charge is 0.249 e. The Morgan fingerprint density at radius 2 is 1.84 bits per heavy atom. The van der Waals surface area contributed by atoms with Gasteiger partial charge in [0.15, 0.2) is 0 Å². The molecule has 4 rings (SSSR count). The largest absolute Gasteiger partial charge is 0.508 e. The summed E-state index contributed by atoms with van der Waals surface area (Å²) in [6, 6.07) is 15.9. The molecule has 0 aliphatic rings. The first kappa shape index (κ1) is 26.1. The lowest BCUT2D eigenvalue weighted by atomic mass is 9.98. The number of nitrogens with one attached hydrogen (secondary N) is 1. The molecule has 0 spiro atoms. The van der Waals surface area contributed by atoms with Crippen LogP contribution in [-0.4, -0.2) is 37.5 Å². The van der Waals surface area contributed by atoms with Crippen LogP contribution < -0.4 is 10.2 Å². The van der Waals surface area contributed by atoms with Gasteiger partial charge in [0.05, 0.1) is 10.5 Å². The summed E-state index contributed by atoms with van der Waals surface area (Å²) in [5, 5.41) is 20.9. The number of nitrogens with zero attached hydrogens (tertiary/aromatic N) is 4. The Kier molecular flexibility index (Phi) is 7.45. The Morgan fingerprint density at radius 1 is 1.14 bits per heavy atom. The van der Waals surface area contributed by atoms with E-state index in [1.807, 2.05) is 32.9 Å². The summed E-state index contributed by atoms with van der Waals surface area (Å²) in [6.45, 7) is 5.45. The Labute approximate surface area is 218 Å². The number of phenols is 1. The molecule has 0 aliphatic heterocycles. The highest BCUT2D eigenvalue weighted by molar-refractivity contribution is 6.31. The monoisotopic (exact) mass is 523 g/mol. The van der Waals surface area contributed by atoms with Gasteiger partial charge in [-0.3, -0.25) is 14.5 Å². The van der Waals surface area contributed by atoms with E-state index in [0.29, 0.717) is 23.0 Å². The fraction of sp³-hybridized carbons (Fsp3) is 0.259. The molecule has 0 saturated carbocycles. The lowest BCUT2D eigenvalue weighted by molar-refractivity contribution is -0.128. The Balaban J connectivity index is 1.84. The number of carbonyl (C=O) groups excluding carboxylic acids is 2. The molecule has 0 bridgehead atoms. The van der Waals surface area contributed by atoms with Crippen molar-refractivity contribution in [3.05, 3.63) is 83.1 Å². The van der Waals surface area contributed by atoms with Crippen molar-refractivity contribution in [3.8, 4) is 5.75 Å². The van der Waals surface area contributed by atoms with Gasteiger partial charge in [-0.05, 0) is 68.3 Å². The summed E-state index contributed by atoms with van der Waals surface area (Å²) in [5.74, 6) is -1.60. The minimum atomic E-state index is -1.16. The number of fused-ring (bicyclic) bond motifs is 1. The summed E-state index contributed by atoms with van der Waals surface area (Å²) in [7, 11) is 0. The molecule has 0 radical (unpaired) electrons. The molecule has 0 aliphatic carbocycles. The highest BCUT2D eigenvalue weighted by Gasteiger charge is 2.35. The predicted molar refractivity (Wildman–Crippen MR) is 140 cm³/mol. The fourth-order valence-electron chi connectivity index (χ4n) is 3.87. The van der Waals surface area contributed by atoms with Crippen molar-refractivity contribution in [1.29, 1.82) is 0 Å². The third kappa shape index (κ3) is 5.72. The molecule has 0 fully saturated rings. The minimum Gasteiger partial charge on any atom is -0.508 e. The standard InChI is InChI=1S/C27H27ClFN5O3/c1-4-27(2,3)30-26(37)25(17-9-12-19(35)13-10-17)34(18-11-14-21(29)20(28)15-18)24(36)16-33-23-8-6-5-7-22(23)31-32-33/h5-15,25,35H,4,16H2,1-3H3,(H,30,37)/t25-/m1/s1. The van der Waals surface area contributed by atoms with E-state index in [-0.39, 0.29) is 23.0 Å². The van der Waals surface area contributed by atoms with Crippen LogP contribution in [0.5, 0.6) is 5.75 Å². The molecule has 0 saturated heterocycles. The van der Waals surface area contributed by atoms with Gasteiger partial charge in [0.25, 0.3) is 0 Å². The van der Waals surface area contributed by atoms with Crippen molar-refractivity contribution in [3.63, 3.8) is 0 Å². The number of benzene rings is 3. The summed E-state index contributed by atoms with van der Waals surface area (Å²) in [5.41, 5.74) is 1.36. The van der Waals surface area contributed by atoms with Crippen molar-refractivity contribution in [2.45, 2.75) is 45.3 Å². The number of anilines is 1. The van der Waals surface area contributed by atoms with Gasteiger partial charge in [0.2, 0.25) is 11.8 Å². The van der Waals surface area contributed by atoms with E-state index >= 15 is 0 Å². The topological polar surface area (TPSA) is 100 Å². The summed E-state index contributed by atoms with van der Waals surface area (Å²) < 4.78 is 15.5. The quantitative estimate of drug-likeness (QED) is 0.338. The van der Waals surface area contributed by atoms with Crippen LogP contribution in [0.1, 0.15) is 38.8 Å². The fourth-order valence-corrected chi connectivity index (χ4v) is 4.05. The number of halogens is 2. The number of aromatic nitrogens is 3. The molecule has 1 aromatic heterocycles. The number of carbonyl (C=O) groups is 2. The number of hydrogen-bond donors (Lipinski definition) is 2. The van der Waals surface area contributed by atoms with Crippen LogP contribution in [0, 0.1) is 5.82 Å². The second-order valence-corrected chi connectivity index (χ2v) is 9.73. The van der Waals surface area contributed by atoms with Gasteiger partial charge < -0.3 is 10.4 Å². The van der Waals surface area contributed by atoms with Crippen molar-refractivity contribution in [2.24, 2.45) is 0 Å². The van der Waals surface area contributed by atoms with E-state index in [4.69, 9.17) is 11.6 Å². The third-order valence-electron chi connectivity index (χ3n) is 6.22. The SMILES string of the molecule is CCC(C)(C)NC(=O)[C@@H](c1ccc(O)cc1)N(C(=O)Cn1nnc2ccccc21)c1ccc(F)c(Cl)c1. The van der Waals surface area contributed by atoms with Gasteiger partial charge in [0, 0.05) is 11.2 Å². The zero-order valence-electron chi connectivity index (χ0n) is 20.7. The van der Waals surface area contributed by atoms with Crippen molar-refractivity contribution < 1.29 is 19.1 Å². The Bertz CT molecular complexity index is 1440. The molecule has 4 aromatic rings. The van der Waals surface area contributed by atoms with E-state index in [2.05, 4.69) is 15.6 Å². The molecule has 3 aromatic carbocycles. The number of hydrogen-bond acceptors (Lipinski definition) is 5. The van der Waals surface area contributed by atoms with Crippen LogP contribution in [0.15, 0.2) is 66.7 Å². The molecule has 192 valence electrons. The van der Waals surface area contributed by atoms with Gasteiger partial charge >= 0.3 is 0 Å². The first-order valence-corrected chi connectivity index (χ1v) is 12.1. The lowest BCUT2D eigenvalue weighted by Crippen LogP contribution is -2.51. The summed E-state index contributed by atoms with van der Waals surface area (Å²) in [4.78, 5) is 29.0. The molecule has 2 N–H and O–H groups in total. The second-order valence-electron chi connectivity index (χ2n) is 9.32. The van der Waals surface area contributed by atoms with E-state index in [0.717, 1.165) is 6.07 Å². The van der Waals surface area contributed by atoms with Crippen molar-refractivity contribution >= 4 is 40.1 Å². The van der Waals surface area contributed by atoms with E-state index < -0.39 is 29.2 Å². The maximum absolute atomic E-state index is 14.1. The summed E-state index contributed by atoms with van der Waals surface area (Å²) >= 11 is 6.09. The van der Waals surface area contributed by atoms with Crippen molar-refractivity contribution in [1.82, 2.24) is 20.3 Å². The highest BCUT2D eigenvalue weighted by atomic mass is 35.5. The maximum atomic E-state index is 14.1. The van der Waals surface area contributed by atoms with E-state index in [1.54, 1.807) is 24.3 Å². The second kappa shape index (κ2) is 10.6. The number of para-hydroxylation sites is 1. The number of phenolic OH excluding ortho intramolecular Hbond substituents is 1. The third-order valence-corrected chi connectivity index (χ3v) is 6.51. The Morgan fingerprint density at radius 3 is 2.51 bits per heavy atom. The normalized spacial score (nSPS) is 12.4. The molecular formula is C27H27ClFN5O3. The van der Waals surface area contributed by atoms with Crippen LogP contribution in [0.4, 0.5) is 10.1 Å². The number of amides is 2. The predicted octanol–water partition coefficient (Wildman–Crippen LogP) is 5.01. The number of rotatable bonds is 8. The van der Waals surface area contributed by atoms with E-state index in [1.165, 1.54) is 33.8 Å². The van der Waals surface area contributed by atoms with Gasteiger partial charge in [-0.1, -0.05) is 48.0 Å². The number of aromatic hydroxyl groups is 1. The van der Waals surface area contributed by atoms with Crippen LogP contribution in [0.25, 0.3) is 11.0 Å². The van der Waals surface area contributed by atoms with Crippen LogP contribution >= 0.6 is 11.6 Å². The first-order chi connectivity index (χ1) is 17.6. The van der Waals surface area contributed by atoms with Gasteiger partial charge in [0.1, 0.15) is 29.7 Å². The maximum Gasteiger partial charge on any atom is 0.249 e. The molecule has 10 heteroatoms. The van der Waals surface area contributed by atoms with Crippen LogP contribution in [-0.2, 0) is 16.1 Å².